The van der Waals surface area contributed by atoms with Gasteiger partial charge >= 0.3 is 0 Å². The number of carbonyl (C=O) groups excluding carboxylic acids is 1. The van der Waals surface area contributed by atoms with Gasteiger partial charge in [-0.05, 0) is 6.42 Å². The van der Waals surface area contributed by atoms with Crippen molar-refractivity contribution in [2.45, 2.75) is 24.9 Å². The number of sulfone groups is 1. The Balaban J connectivity index is 1.96. The van der Waals surface area contributed by atoms with Crippen molar-refractivity contribution in [3.63, 3.8) is 0 Å². The Morgan fingerprint density at radius 3 is 2.85 bits per heavy atom. The van der Waals surface area contributed by atoms with E-state index in [2.05, 4.69) is 11.9 Å². The van der Waals surface area contributed by atoms with E-state index < -0.39 is 9.84 Å². The fourth-order valence-electron chi connectivity index (χ4n) is 2.69. The third-order valence-electron chi connectivity index (χ3n) is 3.71. The highest BCUT2D eigenvalue weighted by molar-refractivity contribution is 7.91. The number of hydrogen-bond donors (Lipinski definition) is 1. The molecule has 2 unspecified atom stereocenters. The Labute approximate surface area is 120 Å². The van der Waals surface area contributed by atoms with Crippen molar-refractivity contribution in [2.75, 3.05) is 37.8 Å². The van der Waals surface area contributed by atoms with Crippen LogP contribution in [0.1, 0.15) is 12.8 Å². The van der Waals surface area contributed by atoms with Gasteiger partial charge in [0.05, 0.1) is 24.7 Å². The molecule has 0 aromatic heterocycles. The first-order chi connectivity index (χ1) is 9.52. The van der Waals surface area contributed by atoms with Gasteiger partial charge in [-0.2, -0.15) is 0 Å². The molecule has 0 radical (unpaired) electrons. The summed E-state index contributed by atoms with van der Waals surface area (Å²) in [6.07, 6.45) is 2.51. The van der Waals surface area contributed by atoms with Crippen molar-refractivity contribution >= 4 is 15.7 Å². The number of ether oxygens (including phenoxy) is 1. The largest absolute Gasteiger partial charge is 0.378 e. The minimum absolute atomic E-state index is 0.0153. The lowest BCUT2D eigenvalue weighted by molar-refractivity contribution is -0.133. The highest BCUT2D eigenvalue weighted by atomic mass is 32.2. The van der Waals surface area contributed by atoms with Crippen molar-refractivity contribution in [1.29, 1.82) is 0 Å². The van der Waals surface area contributed by atoms with Crippen LogP contribution in [0, 0.1) is 0 Å². The molecule has 20 heavy (non-hydrogen) atoms. The second kappa shape index (κ2) is 6.69. The molecule has 114 valence electrons. The lowest BCUT2D eigenvalue weighted by Gasteiger charge is -2.30. The molecule has 6 nitrogen and oxygen atoms in total. The maximum Gasteiger partial charge on any atom is 0.224 e. The zero-order valence-electron chi connectivity index (χ0n) is 11.6. The van der Waals surface area contributed by atoms with Gasteiger partial charge in [0.15, 0.2) is 9.84 Å². The molecular weight excluding hydrogens is 280 g/mol. The Kier molecular flexibility index (Phi) is 5.17. The number of hydrogen-bond acceptors (Lipinski definition) is 5. The summed E-state index contributed by atoms with van der Waals surface area (Å²) in [5.41, 5.74) is 0. The third-order valence-corrected chi connectivity index (χ3v) is 5.47. The lowest BCUT2D eigenvalue weighted by Crippen LogP contribution is -2.47. The van der Waals surface area contributed by atoms with Crippen molar-refractivity contribution in [2.24, 2.45) is 0 Å². The summed E-state index contributed by atoms with van der Waals surface area (Å²) >= 11 is 0. The van der Waals surface area contributed by atoms with E-state index in [0.29, 0.717) is 32.6 Å². The molecule has 0 aromatic rings. The molecule has 0 spiro atoms. The average molecular weight is 302 g/mol. The van der Waals surface area contributed by atoms with Gasteiger partial charge in [-0.15, -0.1) is 6.58 Å². The van der Waals surface area contributed by atoms with Gasteiger partial charge in [0.25, 0.3) is 0 Å². The first-order valence-corrected chi connectivity index (χ1v) is 8.76. The summed E-state index contributed by atoms with van der Waals surface area (Å²) in [7, 11) is -2.99. The van der Waals surface area contributed by atoms with E-state index in [-0.39, 0.29) is 29.5 Å². The fraction of sp³-hybridized carbons (Fsp3) is 0.769. The van der Waals surface area contributed by atoms with Crippen LogP contribution < -0.4 is 5.32 Å². The molecule has 1 N–H and O–H groups in total. The highest BCUT2D eigenvalue weighted by Crippen LogP contribution is 2.19. The molecule has 7 heteroatoms. The Morgan fingerprint density at radius 2 is 2.30 bits per heavy atom. The zero-order chi connectivity index (χ0) is 14.6. The van der Waals surface area contributed by atoms with Crippen molar-refractivity contribution in [3.8, 4) is 0 Å². The van der Waals surface area contributed by atoms with Crippen LogP contribution in [0.25, 0.3) is 0 Å². The second-order valence-corrected chi connectivity index (χ2v) is 7.55. The summed E-state index contributed by atoms with van der Waals surface area (Å²) in [5.74, 6) is 0.208. The molecule has 0 saturated carbocycles. The van der Waals surface area contributed by atoms with Crippen LogP contribution in [-0.2, 0) is 19.4 Å². The predicted molar refractivity (Wildman–Crippen MR) is 76.2 cm³/mol. The second-order valence-electron chi connectivity index (χ2n) is 5.32. The van der Waals surface area contributed by atoms with Crippen molar-refractivity contribution in [3.05, 3.63) is 12.7 Å². The van der Waals surface area contributed by atoms with Gasteiger partial charge < -0.3 is 15.0 Å². The molecule has 2 saturated heterocycles. The SMILES string of the molecule is C=CCN(C(=O)CC1COCCN1)C1CCS(=O)(=O)C1. The number of amides is 1. The smallest absolute Gasteiger partial charge is 0.224 e. The topological polar surface area (TPSA) is 75.7 Å². The highest BCUT2D eigenvalue weighted by Gasteiger charge is 2.34. The third kappa shape index (κ3) is 4.04. The van der Waals surface area contributed by atoms with Crippen LogP contribution in [-0.4, -0.2) is 69.1 Å². The molecule has 2 atom stereocenters. The molecule has 2 rings (SSSR count). The normalized spacial score (nSPS) is 29.0. The van der Waals surface area contributed by atoms with Gasteiger partial charge in [-0.25, -0.2) is 8.42 Å². The van der Waals surface area contributed by atoms with Gasteiger partial charge in [-0.3, -0.25) is 4.79 Å². The summed E-state index contributed by atoms with van der Waals surface area (Å²) in [6.45, 7) is 5.99. The molecule has 0 bridgehead atoms. The van der Waals surface area contributed by atoms with Gasteiger partial charge in [0.1, 0.15) is 0 Å². The molecule has 2 heterocycles. The number of rotatable bonds is 5. The minimum atomic E-state index is -2.99. The Morgan fingerprint density at radius 1 is 1.50 bits per heavy atom. The van der Waals surface area contributed by atoms with Crippen molar-refractivity contribution < 1.29 is 17.9 Å². The summed E-state index contributed by atoms with van der Waals surface area (Å²) in [5, 5.41) is 3.24. The average Bonchev–Trinajstić information content (AvgIpc) is 2.77. The zero-order valence-corrected chi connectivity index (χ0v) is 12.4. The van der Waals surface area contributed by atoms with Crippen LogP contribution in [0.15, 0.2) is 12.7 Å². The van der Waals surface area contributed by atoms with Crippen LogP contribution in [0.3, 0.4) is 0 Å². The maximum absolute atomic E-state index is 12.4. The van der Waals surface area contributed by atoms with E-state index in [0.717, 1.165) is 6.54 Å². The number of nitrogens with zero attached hydrogens (tertiary/aromatic N) is 1. The lowest BCUT2D eigenvalue weighted by atomic mass is 10.1. The van der Waals surface area contributed by atoms with Crippen LogP contribution in [0.4, 0.5) is 0 Å². The van der Waals surface area contributed by atoms with E-state index in [1.54, 1.807) is 11.0 Å². The molecule has 2 fully saturated rings. The Bertz CT molecular complexity index is 457. The van der Waals surface area contributed by atoms with E-state index in [4.69, 9.17) is 4.74 Å². The summed E-state index contributed by atoms with van der Waals surface area (Å²) in [4.78, 5) is 14.0. The molecule has 1 amide bonds. The number of morpholine rings is 1. The molecule has 2 aliphatic rings. The monoisotopic (exact) mass is 302 g/mol. The summed E-state index contributed by atoms with van der Waals surface area (Å²) < 4.78 is 28.5. The van der Waals surface area contributed by atoms with E-state index in [1.807, 2.05) is 0 Å². The predicted octanol–water partition coefficient (Wildman–Crippen LogP) is -0.433. The van der Waals surface area contributed by atoms with Crippen LogP contribution in [0.2, 0.25) is 0 Å². The summed E-state index contributed by atoms with van der Waals surface area (Å²) in [6, 6.07) is -0.198. The van der Waals surface area contributed by atoms with E-state index in [9.17, 15) is 13.2 Å². The molecular formula is C13H22N2O4S. The standard InChI is InChI=1S/C13H22N2O4S/c1-2-5-15(12-3-7-20(17,18)10-12)13(16)8-11-9-19-6-4-14-11/h2,11-12,14H,1,3-10H2. The first-order valence-electron chi connectivity index (χ1n) is 6.94. The van der Waals surface area contributed by atoms with Gasteiger partial charge in [-0.1, -0.05) is 6.08 Å². The van der Waals surface area contributed by atoms with Crippen LogP contribution in [0.5, 0.6) is 0 Å². The molecule has 0 aromatic carbocycles. The molecule has 0 aliphatic carbocycles. The van der Waals surface area contributed by atoms with E-state index >= 15 is 0 Å². The van der Waals surface area contributed by atoms with Crippen LogP contribution >= 0.6 is 0 Å². The fourth-order valence-corrected chi connectivity index (χ4v) is 4.42. The van der Waals surface area contributed by atoms with Gasteiger partial charge in [0.2, 0.25) is 5.91 Å². The first kappa shape index (κ1) is 15.5. The number of nitrogens with one attached hydrogen (secondary N) is 1. The minimum Gasteiger partial charge on any atom is -0.378 e. The molecule has 2 aliphatic heterocycles. The van der Waals surface area contributed by atoms with Gasteiger partial charge in [0, 0.05) is 31.6 Å². The van der Waals surface area contributed by atoms with E-state index in [1.165, 1.54) is 0 Å². The maximum atomic E-state index is 12.4. The quantitative estimate of drug-likeness (QED) is 0.697. The van der Waals surface area contributed by atoms with Crippen molar-refractivity contribution in [1.82, 2.24) is 10.2 Å². The number of carbonyl (C=O) groups is 1. The Hall–Kier alpha value is -0.920.